The quantitative estimate of drug-likeness (QED) is 0.776. The fraction of sp³-hybridized carbons (Fsp3) is 0.545. The molecule has 15 heavy (non-hydrogen) atoms. The minimum Gasteiger partial charge on any atom is -0.364 e. The van der Waals surface area contributed by atoms with E-state index in [4.69, 9.17) is 0 Å². The van der Waals surface area contributed by atoms with Crippen LogP contribution in [0.5, 0.6) is 0 Å². The fourth-order valence-corrected chi connectivity index (χ4v) is 1.38. The molecule has 0 bridgehead atoms. The third-order valence-electron chi connectivity index (χ3n) is 2.58. The summed E-state index contributed by atoms with van der Waals surface area (Å²) in [6.07, 6.45) is 1.86. The van der Waals surface area contributed by atoms with E-state index in [1.165, 1.54) is 0 Å². The van der Waals surface area contributed by atoms with Crippen LogP contribution in [0.1, 0.15) is 19.5 Å². The van der Waals surface area contributed by atoms with E-state index in [9.17, 15) is 4.79 Å². The van der Waals surface area contributed by atoms with Gasteiger partial charge in [0, 0.05) is 18.9 Å². The van der Waals surface area contributed by atoms with Gasteiger partial charge in [-0.2, -0.15) is 0 Å². The van der Waals surface area contributed by atoms with E-state index in [1.807, 2.05) is 39.2 Å². The first-order chi connectivity index (χ1) is 6.97. The molecular formula is C11H19N3O. The summed E-state index contributed by atoms with van der Waals surface area (Å²) in [5.41, 5.74) is 0.527. The van der Waals surface area contributed by atoms with Gasteiger partial charge in [-0.3, -0.25) is 4.79 Å². The standard InChI is InChI=1S/C11H19N3O/c1-11(2,12-3)10(15)14(4)8-9-6-5-7-13-9/h5-7,12-13H,8H2,1-4H3. The molecule has 1 heterocycles. The van der Waals surface area contributed by atoms with Crippen molar-refractivity contribution in [2.45, 2.75) is 25.9 Å². The Balaban J connectivity index is 2.61. The van der Waals surface area contributed by atoms with Crippen molar-refractivity contribution in [3.05, 3.63) is 24.0 Å². The van der Waals surface area contributed by atoms with Crippen molar-refractivity contribution in [1.82, 2.24) is 15.2 Å². The van der Waals surface area contributed by atoms with E-state index in [2.05, 4.69) is 10.3 Å². The minimum absolute atomic E-state index is 0.0830. The van der Waals surface area contributed by atoms with Gasteiger partial charge in [-0.15, -0.1) is 0 Å². The van der Waals surface area contributed by atoms with E-state index in [1.54, 1.807) is 11.9 Å². The average molecular weight is 209 g/mol. The maximum Gasteiger partial charge on any atom is 0.242 e. The topological polar surface area (TPSA) is 48.1 Å². The van der Waals surface area contributed by atoms with Gasteiger partial charge in [0.25, 0.3) is 0 Å². The molecule has 0 aliphatic heterocycles. The van der Waals surface area contributed by atoms with Gasteiger partial charge in [0.05, 0.1) is 12.1 Å². The zero-order valence-corrected chi connectivity index (χ0v) is 9.79. The summed E-state index contributed by atoms with van der Waals surface area (Å²) in [5.74, 6) is 0.0830. The highest BCUT2D eigenvalue weighted by Crippen LogP contribution is 2.08. The van der Waals surface area contributed by atoms with E-state index < -0.39 is 5.54 Å². The van der Waals surface area contributed by atoms with Gasteiger partial charge in [-0.25, -0.2) is 0 Å². The second-order valence-corrected chi connectivity index (χ2v) is 4.23. The Labute approximate surface area is 90.7 Å². The average Bonchev–Trinajstić information content (AvgIpc) is 2.69. The van der Waals surface area contributed by atoms with Crippen LogP contribution in [0.25, 0.3) is 0 Å². The number of aromatic nitrogens is 1. The molecule has 0 aliphatic rings. The van der Waals surface area contributed by atoms with Crippen molar-refractivity contribution < 1.29 is 4.79 Å². The number of carbonyl (C=O) groups excluding carboxylic acids is 1. The van der Waals surface area contributed by atoms with Crippen molar-refractivity contribution in [1.29, 1.82) is 0 Å². The number of carbonyl (C=O) groups is 1. The first kappa shape index (κ1) is 11.8. The monoisotopic (exact) mass is 209 g/mol. The third kappa shape index (κ3) is 2.83. The van der Waals surface area contributed by atoms with Crippen molar-refractivity contribution in [3.8, 4) is 0 Å². The van der Waals surface area contributed by atoms with Crippen LogP contribution in [-0.2, 0) is 11.3 Å². The van der Waals surface area contributed by atoms with Crippen molar-refractivity contribution in [3.63, 3.8) is 0 Å². The lowest BCUT2D eigenvalue weighted by Gasteiger charge is -2.28. The number of nitrogens with one attached hydrogen (secondary N) is 2. The molecule has 4 heteroatoms. The highest BCUT2D eigenvalue weighted by Gasteiger charge is 2.28. The minimum atomic E-state index is -0.513. The molecule has 0 fully saturated rings. The normalized spacial score (nSPS) is 11.5. The molecule has 84 valence electrons. The molecule has 4 nitrogen and oxygen atoms in total. The molecule has 2 N–H and O–H groups in total. The Morgan fingerprint density at radius 1 is 1.60 bits per heavy atom. The number of rotatable bonds is 4. The smallest absolute Gasteiger partial charge is 0.242 e. The lowest BCUT2D eigenvalue weighted by molar-refractivity contribution is -0.136. The zero-order chi connectivity index (χ0) is 11.5. The zero-order valence-electron chi connectivity index (χ0n) is 9.79. The highest BCUT2D eigenvalue weighted by molar-refractivity contribution is 5.85. The number of amides is 1. The number of likely N-dealkylation sites (N-methyl/N-ethyl adjacent to an activating group) is 2. The highest BCUT2D eigenvalue weighted by atomic mass is 16.2. The number of aromatic amines is 1. The molecule has 0 atom stereocenters. The van der Waals surface area contributed by atoms with E-state index >= 15 is 0 Å². The summed E-state index contributed by atoms with van der Waals surface area (Å²) in [7, 11) is 3.60. The summed E-state index contributed by atoms with van der Waals surface area (Å²) in [6, 6.07) is 3.90. The Morgan fingerprint density at radius 2 is 2.27 bits per heavy atom. The SMILES string of the molecule is CNC(C)(C)C(=O)N(C)Cc1ccc[nH]1. The van der Waals surface area contributed by atoms with Crippen LogP contribution in [0.4, 0.5) is 0 Å². The first-order valence-corrected chi connectivity index (χ1v) is 5.04. The molecule has 0 saturated carbocycles. The van der Waals surface area contributed by atoms with Crippen molar-refractivity contribution >= 4 is 5.91 Å². The molecule has 0 saturated heterocycles. The maximum atomic E-state index is 12.0. The third-order valence-corrected chi connectivity index (χ3v) is 2.58. The van der Waals surface area contributed by atoms with Gasteiger partial charge in [-0.1, -0.05) is 0 Å². The number of H-pyrrole nitrogens is 1. The van der Waals surface area contributed by atoms with Crippen molar-refractivity contribution in [2.75, 3.05) is 14.1 Å². The van der Waals surface area contributed by atoms with E-state index in [-0.39, 0.29) is 5.91 Å². The van der Waals surface area contributed by atoms with Crippen LogP contribution < -0.4 is 5.32 Å². The second kappa shape index (κ2) is 4.49. The summed E-state index contributed by atoms with van der Waals surface area (Å²) in [4.78, 5) is 16.8. The Kier molecular flexibility index (Phi) is 3.52. The van der Waals surface area contributed by atoms with Gasteiger partial charge in [0.15, 0.2) is 0 Å². The second-order valence-electron chi connectivity index (χ2n) is 4.23. The number of hydrogen-bond donors (Lipinski definition) is 2. The molecule has 0 unspecified atom stereocenters. The lowest BCUT2D eigenvalue weighted by atomic mass is 10.0. The molecule has 0 radical (unpaired) electrons. The largest absolute Gasteiger partial charge is 0.364 e. The summed E-state index contributed by atoms with van der Waals surface area (Å²) < 4.78 is 0. The van der Waals surface area contributed by atoms with Gasteiger partial charge in [0.1, 0.15) is 0 Å². The first-order valence-electron chi connectivity index (χ1n) is 5.04. The fourth-order valence-electron chi connectivity index (χ4n) is 1.38. The van der Waals surface area contributed by atoms with Gasteiger partial charge in [0.2, 0.25) is 5.91 Å². The molecule has 1 amide bonds. The molecule has 0 aromatic carbocycles. The molecule has 1 aromatic rings. The van der Waals surface area contributed by atoms with Crippen molar-refractivity contribution in [2.24, 2.45) is 0 Å². The maximum absolute atomic E-state index is 12.0. The van der Waals surface area contributed by atoms with Crippen LogP contribution in [0.2, 0.25) is 0 Å². The molecule has 0 spiro atoms. The van der Waals surface area contributed by atoms with Gasteiger partial charge >= 0.3 is 0 Å². The van der Waals surface area contributed by atoms with E-state index in [0.29, 0.717) is 6.54 Å². The summed E-state index contributed by atoms with van der Waals surface area (Å²) in [5, 5.41) is 3.00. The molecular weight excluding hydrogens is 190 g/mol. The number of nitrogens with zero attached hydrogens (tertiary/aromatic N) is 1. The van der Waals surface area contributed by atoms with Crippen LogP contribution >= 0.6 is 0 Å². The Morgan fingerprint density at radius 3 is 2.73 bits per heavy atom. The molecule has 1 aromatic heterocycles. The summed E-state index contributed by atoms with van der Waals surface area (Å²) in [6.45, 7) is 4.36. The predicted molar refractivity (Wildman–Crippen MR) is 60.4 cm³/mol. The molecule has 0 aliphatic carbocycles. The van der Waals surface area contributed by atoms with Crippen LogP contribution in [0.15, 0.2) is 18.3 Å². The van der Waals surface area contributed by atoms with Crippen LogP contribution in [0, 0.1) is 0 Å². The van der Waals surface area contributed by atoms with Crippen LogP contribution in [-0.4, -0.2) is 35.4 Å². The van der Waals surface area contributed by atoms with Gasteiger partial charge in [-0.05, 0) is 33.0 Å². The Bertz CT molecular complexity index is 317. The van der Waals surface area contributed by atoms with Crippen LogP contribution in [0.3, 0.4) is 0 Å². The molecule has 1 rings (SSSR count). The predicted octanol–water partition coefficient (Wildman–Crippen LogP) is 0.971. The van der Waals surface area contributed by atoms with E-state index in [0.717, 1.165) is 5.69 Å². The Hall–Kier alpha value is -1.29. The van der Waals surface area contributed by atoms with Gasteiger partial charge < -0.3 is 15.2 Å². The summed E-state index contributed by atoms with van der Waals surface area (Å²) >= 11 is 0. The lowest BCUT2D eigenvalue weighted by Crippen LogP contribution is -2.51. The number of hydrogen-bond acceptors (Lipinski definition) is 2.